The highest BCUT2D eigenvalue weighted by Crippen LogP contribution is 2.20. The molecule has 2 N–H and O–H groups in total. The molecule has 0 aliphatic heterocycles. The predicted molar refractivity (Wildman–Crippen MR) is 116 cm³/mol. The van der Waals surface area contributed by atoms with E-state index in [0.29, 0.717) is 22.0 Å². The van der Waals surface area contributed by atoms with Crippen molar-refractivity contribution in [2.75, 3.05) is 17.2 Å². The van der Waals surface area contributed by atoms with Gasteiger partial charge < -0.3 is 15.4 Å². The van der Waals surface area contributed by atoms with Crippen molar-refractivity contribution >= 4 is 34.8 Å². The minimum Gasteiger partial charge on any atom is -0.484 e. The van der Waals surface area contributed by atoms with E-state index in [1.165, 1.54) is 0 Å². The van der Waals surface area contributed by atoms with Crippen molar-refractivity contribution in [3.8, 4) is 5.75 Å². The van der Waals surface area contributed by atoms with E-state index >= 15 is 0 Å². The van der Waals surface area contributed by atoms with Gasteiger partial charge in [0.2, 0.25) is 0 Å². The third kappa shape index (κ3) is 5.59. The van der Waals surface area contributed by atoms with Crippen molar-refractivity contribution in [1.82, 2.24) is 0 Å². The molecule has 0 saturated heterocycles. The summed E-state index contributed by atoms with van der Waals surface area (Å²) in [5, 5.41) is 6.23. The number of halogens is 1. The number of carbonyl (C=O) groups excluding carboxylic acids is 2. The number of hydrogen-bond donors (Lipinski definition) is 2. The molecule has 3 rings (SSSR count). The van der Waals surface area contributed by atoms with Crippen molar-refractivity contribution in [2.45, 2.75) is 13.8 Å². The highest BCUT2D eigenvalue weighted by molar-refractivity contribution is 6.30. The SMILES string of the molecule is Cc1cccc(NC(=O)c2ccc(OCC(=O)Nc3ccc(Cl)cc3)cc2)c1C. The number of anilines is 2. The van der Waals surface area contributed by atoms with E-state index in [9.17, 15) is 9.59 Å². The molecule has 3 aromatic carbocycles. The highest BCUT2D eigenvalue weighted by Gasteiger charge is 2.09. The van der Waals surface area contributed by atoms with Crippen LogP contribution in [0.1, 0.15) is 21.5 Å². The zero-order chi connectivity index (χ0) is 20.8. The van der Waals surface area contributed by atoms with E-state index in [-0.39, 0.29) is 18.4 Å². The molecule has 3 aromatic rings. The summed E-state index contributed by atoms with van der Waals surface area (Å²) in [6, 6.07) is 19.2. The zero-order valence-electron chi connectivity index (χ0n) is 16.2. The normalized spacial score (nSPS) is 10.3. The Kier molecular flexibility index (Phi) is 6.52. The first-order valence-electron chi connectivity index (χ1n) is 9.08. The summed E-state index contributed by atoms with van der Waals surface area (Å²) in [6.45, 7) is 3.83. The Hall–Kier alpha value is -3.31. The number of ether oxygens (including phenoxy) is 1. The van der Waals surface area contributed by atoms with Crippen molar-refractivity contribution in [2.24, 2.45) is 0 Å². The van der Waals surface area contributed by atoms with Crippen molar-refractivity contribution in [1.29, 1.82) is 0 Å². The summed E-state index contributed by atoms with van der Waals surface area (Å²) >= 11 is 5.82. The summed E-state index contributed by atoms with van der Waals surface area (Å²) in [4.78, 5) is 24.4. The maximum Gasteiger partial charge on any atom is 0.262 e. The summed E-state index contributed by atoms with van der Waals surface area (Å²) in [5.41, 5.74) is 4.08. The number of hydrogen-bond acceptors (Lipinski definition) is 3. The van der Waals surface area contributed by atoms with E-state index in [1.54, 1.807) is 48.5 Å². The number of benzene rings is 3. The van der Waals surface area contributed by atoms with Crippen molar-refractivity contribution in [3.05, 3.63) is 88.4 Å². The van der Waals surface area contributed by atoms with E-state index in [0.717, 1.165) is 16.8 Å². The third-order valence-corrected chi connectivity index (χ3v) is 4.72. The van der Waals surface area contributed by atoms with Crippen LogP contribution in [0.3, 0.4) is 0 Å². The van der Waals surface area contributed by atoms with Crippen LogP contribution in [0.5, 0.6) is 5.75 Å². The number of aryl methyl sites for hydroxylation is 1. The molecule has 0 atom stereocenters. The Labute approximate surface area is 174 Å². The molecular formula is C23H21ClN2O3. The molecular weight excluding hydrogens is 388 g/mol. The van der Waals surface area contributed by atoms with E-state index in [1.807, 2.05) is 32.0 Å². The third-order valence-electron chi connectivity index (χ3n) is 4.47. The molecule has 0 aliphatic rings. The average Bonchev–Trinajstić information content (AvgIpc) is 2.72. The van der Waals surface area contributed by atoms with Gasteiger partial charge >= 0.3 is 0 Å². The Bertz CT molecular complexity index is 1020. The molecule has 2 amide bonds. The number of amides is 2. The van der Waals surface area contributed by atoms with Gasteiger partial charge in [0.15, 0.2) is 6.61 Å². The van der Waals surface area contributed by atoms with Crippen molar-refractivity contribution in [3.63, 3.8) is 0 Å². The Balaban J connectivity index is 1.54. The molecule has 29 heavy (non-hydrogen) atoms. The highest BCUT2D eigenvalue weighted by atomic mass is 35.5. The quantitative estimate of drug-likeness (QED) is 0.587. The van der Waals surface area contributed by atoms with Gasteiger partial charge in [0.25, 0.3) is 11.8 Å². The Morgan fingerprint density at radius 3 is 2.28 bits per heavy atom. The molecule has 0 aliphatic carbocycles. The topological polar surface area (TPSA) is 67.4 Å². The van der Waals surface area contributed by atoms with E-state index in [2.05, 4.69) is 10.6 Å². The van der Waals surface area contributed by atoms with Gasteiger partial charge in [-0.3, -0.25) is 9.59 Å². The van der Waals surface area contributed by atoms with Crippen LogP contribution in [0.15, 0.2) is 66.7 Å². The van der Waals surface area contributed by atoms with Gasteiger partial charge in [-0.2, -0.15) is 0 Å². The molecule has 0 unspecified atom stereocenters. The van der Waals surface area contributed by atoms with Gasteiger partial charge in [-0.15, -0.1) is 0 Å². The Morgan fingerprint density at radius 1 is 0.897 bits per heavy atom. The van der Waals surface area contributed by atoms with Crippen LogP contribution in [0.2, 0.25) is 5.02 Å². The van der Waals surface area contributed by atoms with E-state index < -0.39 is 0 Å². The summed E-state index contributed by atoms with van der Waals surface area (Å²) in [7, 11) is 0. The van der Waals surface area contributed by atoms with Gasteiger partial charge in [0, 0.05) is 22.0 Å². The second-order valence-electron chi connectivity index (χ2n) is 6.57. The molecule has 0 saturated carbocycles. The molecule has 0 radical (unpaired) electrons. The molecule has 0 aromatic heterocycles. The second-order valence-corrected chi connectivity index (χ2v) is 7.01. The second kappa shape index (κ2) is 9.26. The lowest BCUT2D eigenvalue weighted by molar-refractivity contribution is -0.118. The summed E-state index contributed by atoms with van der Waals surface area (Å²) in [6.07, 6.45) is 0. The number of rotatable bonds is 6. The van der Waals surface area contributed by atoms with E-state index in [4.69, 9.17) is 16.3 Å². The van der Waals surface area contributed by atoms with Gasteiger partial charge in [-0.25, -0.2) is 0 Å². The summed E-state index contributed by atoms with van der Waals surface area (Å²) in [5.74, 6) is 0.00865. The smallest absolute Gasteiger partial charge is 0.262 e. The van der Waals surface area contributed by atoms with Gasteiger partial charge in [-0.1, -0.05) is 23.7 Å². The zero-order valence-corrected chi connectivity index (χ0v) is 16.9. The van der Waals surface area contributed by atoms with Gasteiger partial charge in [0.1, 0.15) is 5.75 Å². The first-order chi connectivity index (χ1) is 13.9. The predicted octanol–water partition coefficient (Wildman–Crippen LogP) is 5.23. The Morgan fingerprint density at radius 2 is 1.59 bits per heavy atom. The lowest BCUT2D eigenvalue weighted by atomic mass is 10.1. The fourth-order valence-corrected chi connectivity index (χ4v) is 2.79. The minimum absolute atomic E-state index is 0.142. The molecule has 0 fully saturated rings. The van der Waals surface area contributed by atoms with Crippen LogP contribution < -0.4 is 15.4 Å². The molecule has 5 nitrogen and oxygen atoms in total. The first kappa shape index (κ1) is 20.4. The molecule has 0 heterocycles. The largest absolute Gasteiger partial charge is 0.484 e. The first-order valence-corrected chi connectivity index (χ1v) is 9.46. The summed E-state index contributed by atoms with van der Waals surface area (Å²) < 4.78 is 5.48. The molecule has 6 heteroatoms. The molecule has 0 spiro atoms. The van der Waals surface area contributed by atoms with Crippen LogP contribution in [0.25, 0.3) is 0 Å². The van der Waals surface area contributed by atoms with Gasteiger partial charge in [-0.05, 0) is 79.6 Å². The number of nitrogens with one attached hydrogen (secondary N) is 2. The maximum atomic E-state index is 12.5. The molecule has 0 bridgehead atoms. The monoisotopic (exact) mass is 408 g/mol. The van der Waals surface area contributed by atoms with Gasteiger partial charge in [0.05, 0.1) is 0 Å². The fraction of sp³-hybridized carbons (Fsp3) is 0.130. The van der Waals surface area contributed by atoms with Crippen molar-refractivity contribution < 1.29 is 14.3 Å². The van der Waals surface area contributed by atoms with Crippen LogP contribution in [-0.2, 0) is 4.79 Å². The van der Waals surface area contributed by atoms with Crippen LogP contribution >= 0.6 is 11.6 Å². The maximum absolute atomic E-state index is 12.5. The number of carbonyl (C=O) groups is 2. The lowest BCUT2D eigenvalue weighted by Gasteiger charge is -2.11. The minimum atomic E-state index is -0.288. The lowest BCUT2D eigenvalue weighted by Crippen LogP contribution is -2.20. The fourth-order valence-electron chi connectivity index (χ4n) is 2.66. The van der Waals surface area contributed by atoms with Crippen LogP contribution in [0.4, 0.5) is 11.4 Å². The standard InChI is InChI=1S/C23H21ClN2O3/c1-15-4-3-5-21(16(15)2)26-23(28)17-6-12-20(13-7-17)29-14-22(27)25-19-10-8-18(24)9-11-19/h3-13H,14H2,1-2H3,(H,25,27)(H,26,28). The van der Waals surface area contributed by atoms with Crippen LogP contribution in [-0.4, -0.2) is 18.4 Å². The molecule has 148 valence electrons. The van der Waals surface area contributed by atoms with Crippen LogP contribution in [0, 0.1) is 13.8 Å². The average molecular weight is 409 g/mol.